The van der Waals surface area contributed by atoms with Crippen LogP contribution >= 0.6 is 0 Å². The Kier molecular flexibility index (Phi) is 6.96. The molecule has 0 radical (unpaired) electrons. The number of carbonyl (C=O) groups is 1. The van der Waals surface area contributed by atoms with Crippen LogP contribution in [0.3, 0.4) is 0 Å². The van der Waals surface area contributed by atoms with Crippen molar-refractivity contribution in [2.45, 2.75) is 32.8 Å². The molecule has 4 rings (SSSR count). The van der Waals surface area contributed by atoms with E-state index in [4.69, 9.17) is 18.5 Å². The van der Waals surface area contributed by atoms with Gasteiger partial charge in [0.15, 0.2) is 11.2 Å². The van der Waals surface area contributed by atoms with Gasteiger partial charge in [-0.25, -0.2) is 4.79 Å². The molecule has 0 bridgehead atoms. The number of aromatic nitrogens is 2. The Balaban J connectivity index is 0.000000225. The van der Waals surface area contributed by atoms with Crippen LogP contribution in [-0.2, 0) is 4.74 Å². The predicted octanol–water partition coefficient (Wildman–Crippen LogP) is 4.24. The van der Waals surface area contributed by atoms with Gasteiger partial charge in [0.05, 0.1) is 17.4 Å². The fourth-order valence-corrected chi connectivity index (χ4v) is 2.61. The number of benzene rings is 2. The highest BCUT2D eigenvalue weighted by atomic mass is 16.6. The number of fused-ring (bicyclic) bond motifs is 2. The minimum absolute atomic E-state index is 0.171. The molecule has 2 aromatic carbocycles. The van der Waals surface area contributed by atoms with Crippen LogP contribution in [0.4, 0.5) is 4.79 Å². The summed E-state index contributed by atoms with van der Waals surface area (Å²) in [6.45, 7) is 6.39. The first kappa shape index (κ1) is 21.9. The molecule has 2 N–H and O–H groups in total. The molecule has 9 nitrogen and oxygen atoms in total. The van der Waals surface area contributed by atoms with E-state index in [0.29, 0.717) is 42.0 Å². The summed E-state index contributed by atoms with van der Waals surface area (Å²) in [5.74, 6) is 0.475. The number of nitrogens with one attached hydrogen (secondary N) is 2. The fraction of sp³-hybridized carbons (Fsp3) is 0.318. The van der Waals surface area contributed by atoms with E-state index in [0.717, 1.165) is 5.39 Å². The Hall–Kier alpha value is -3.75. The molecule has 31 heavy (non-hydrogen) atoms. The van der Waals surface area contributed by atoms with E-state index in [9.17, 15) is 9.59 Å². The maximum atomic E-state index is 11.4. The third kappa shape index (κ3) is 6.36. The van der Waals surface area contributed by atoms with Gasteiger partial charge in [-0.3, -0.25) is 4.79 Å². The van der Waals surface area contributed by atoms with Gasteiger partial charge in [0, 0.05) is 6.54 Å². The number of alkyl carbamates (subject to hydrolysis) is 1. The first-order valence-electron chi connectivity index (χ1n) is 9.84. The van der Waals surface area contributed by atoms with Gasteiger partial charge in [-0.05, 0) is 56.6 Å². The number of H-pyrrole nitrogens is 1. The highest BCUT2D eigenvalue weighted by Crippen LogP contribution is 2.24. The van der Waals surface area contributed by atoms with Crippen LogP contribution in [0.1, 0.15) is 27.2 Å². The van der Waals surface area contributed by atoms with E-state index in [1.165, 1.54) is 0 Å². The molecule has 2 aromatic heterocycles. The monoisotopic (exact) mass is 427 g/mol. The molecule has 0 unspecified atom stereocenters. The molecule has 0 spiro atoms. The molecule has 0 saturated carbocycles. The van der Waals surface area contributed by atoms with Crippen LogP contribution in [0.25, 0.3) is 21.9 Å². The summed E-state index contributed by atoms with van der Waals surface area (Å²) in [6, 6.07) is 14.6. The van der Waals surface area contributed by atoms with Gasteiger partial charge < -0.3 is 23.8 Å². The first-order valence-corrected chi connectivity index (χ1v) is 9.84. The molecule has 4 aromatic rings. The third-order valence-corrected chi connectivity index (χ3v) is 3.96. The molecule has 164 valence electrons. The maximum Gasteiger partial charge on any atom is 0.407 e. The highest BCUT2D eigenvalue weighted by Gasteiger charge is 2.15. The second kappa shape index (κ2) is 9.84. The van der Waals surface area contributed by atoms with Crippen LogP contribution in [0, 0.1) is 0 Å². The molecule has 2 heterocycles. The van der Waals surface area contributed by atoms with Gasteiger partial charge in [-0.1, -0.05) is 24.3 Å². The number of hydrogen-bond donors (Lipinski definition) is 2. The lowest BCUT2D eigenvalue weighted by molar-refractivity contribution is 0.0525. The van der Waals surface area contributed by atoms with Crippen LogP contribution < -0.4 is 15.6 Å². The van der Waals surface area contributed by atoms with Crippen molar-refractivity contribution in [1.29, 1.82) is 0 Å². The van der Waals surface area contributed by atoms with Crippen molar-refractivity contribution in [2.24, 2.45) is 0 Å². The Bertz CT molecular complexity index is 1180. The summed E-state index contributed by atoms with van der Waals surface area (Å²) in [5, 5.41) is 10.2. The number of para-hydroxylation sites is 2. The summed E-state index contributed by atoms with van der Waals surface area (Å²) < 4.78 is 20.6. The Labute approximate surface area is 178 Å². The molecule has 0 aliphatic carbocycles. The molecule has 0 atom stereocenters. The van der Waals surface area contributed by atoms with Gasteiger partial charge in [0.1, 0.15) is 5.60 Å². The second-order valence-electron chi connectivity index (χ2n) is 7.64. The number of ether oxygens (including phenoxy) is 2. The Morgan fingerprint density at radius 3 is 2.45 bits per heavy atom. The smallest absolute Gasteiger partial charge is 0.407 e. The minimum atomic E-state index is -0.486. The molecule has 1 amide bonds. The van der Waals surface area contributed by atoms with E-state index in [1.54, 1.807) is 18.2 Å². The van der Waals surface area contributed by atoms with Crippen molar-refractivity contribution in [2.75, 3.05) is 13.2 Å². The lowest BCUT2D eigenvalue weighted by Gasteiger charge is -2.19. The average molecular weight is 427 g/mol. The molecule has 0 aliphatic heterocycles. The average Bonchev–Trinajstić information content (AvgIpc) is 3.31. The topological polar surface area (TPSA) is 120 Å². The number of aromatic amines is 1. The first-order chi connectivity index (χ1) is 14.8. The molecule has 0 aliphatic rings. The highest BCUT2D eigenvalue weighted by molar-refractivity contribution is 5.81. The van der Waals surface area contributed by atoms with Crippen molar-refractivity contribution in [3.8, 4) is 5.88 Å². The molecule has 0 saturated heterocycles. The maximum absolute atomic E-state index is 11.4. The number of hydrogen-bond acceptors (Lipinski definition) is 7. The zero-order valence-corrected chi connectivity index (χ0v) is 17.6. The van der Waals surface area contributed by atoms with Crippen LogP contribution in [0.5, 0.6) is 5.88 Å². The van der Waals surface area contributed by atoms with Crippen LogP contribution in [-0.4, -0.2) is 35.2 Å². The standard InChI is InChI=1S/C15H20N2O4.C7H5NO2/c1-15(2,3)20-14(18)16-9-6-10-19-13-11-7-4-5-8-12(11)21-17-13;9-7-5-3-1-2-4-6(5)10-8-7/h4-5,7-8H,6,9-10H2,1-3H3,(H,16,18);1-4H,(H,8,9). The molecular weight excluding hydrogens is 402 g/mol. The summed E-state index contributed by atoms with van der Waals surface area (Å²) >= 11 is 0. The number of rotatable bonds is 5. The molecule has 9 heteroatoms. The van der Waals surface area contributed by atoms with E-state index >= 15 is 0 Å². The predicted molar refractivity (Wildman–Crippen MR) is 115 cm³/mol. The summed E-state index contributed by atoms with van der Waals surface area (Å²) in [4.78, 5) is 22.3. The number of nitrogens with zero attached hydrogens (tertiary/aromatic N) is 1. The Morgan fingerprint density at radius 1 is 1.06 bits per heavy atom. The van der Waals surface area contributed by atoms with E-state index in [2.05, 4.69) is 15.6 Å². The third-order valence-electron chi connectivity index (χ3n) is 3.96. The number of carbonyl (C=O) groups excluding carboxylic acids is 1. The van der Waals surface area contributed by atoms with Gasteiger partial charge in [0.25, 0.3) is 11.4 Å². The second-order valence-corrected chi connectivity index (χ2v) is 7.64. The van der Waals surface area contributed by atoms with Crippen molar-refractivity contribution in [3.63, 3.8) is 0 Å². The van der Waals surface area contributed by atoms with Crippen LogP contribution in [0.2, 0.25) is 0 Å². The minimum Gasteiger partial charge on any atom is -0.475 e. The quantitative estimate of drug-likeness (QED) is 0.457. The fourth-order valence-electron chi connectivity index (χ4n) is 2.61. The van der Waals surface area contributed by atoms with Gasteiger partial charge in [-0.2, -0.15) is 5.16 Å². The normalized spacial score (nSPS) is 11.1. The summed E-state index contributed by atoms with van der Waals surface area (Å²) in [6.07, 6.45) is 0.231. The Morgan fingerprint density at radius 2 is 1.74 bits per heavy atom. The van der Waals surface area contributed by atoms with Crippen LogP contribution in [0.15, 0.2) is 62.4 Å². The SMILES string of the molecule is CC(C)(C)OC(=O)NCCCOc1noc2ccccc12.O=c1[nH]oc2ccccc12. The van der Waals surface area contributed by atoms with E-state index < -0.39 is 11.7 Å². The van der Waals surface area contributed by atoms with Gasteiger partial charge in [0.2, 0.25) is 0 Å². The van der Waals surface area contributed by atoms with Crippen molar-refractivity contribution >= 4 is 28.0 Å². The zero-order valence-electron chi connectivity index (χ0n) is 17.6. The largest absolute Gasteiger partial charge is 0.475 e. The van der Waals surface area contributed by atoms with E-state index in [1.807, 2.05) is 51.1 Å². The lowest BCUT2D eigenvalue weighted by atomic mass is 10.2. The van der Waals surface area contributed by atoms with Crippen molar-refractivity contribution in [3.05, 3.63) is 58.9 Å². The molecule has 0 fully saturated rings. The molecular formula is C22H25N3O6. The van der Waals surface area contributed by atoms with E-state index in [-0.39, 0.29) is 5.56 Å². The summed E-state index contributed by atoms with van der Waals surface area (Å²) in [7, 11) is 0. The van der Waals surface area contributed by atoms with Gasteiger partial charge >= 0.3 is 6.09 Å². The van der Waals surface area contributed by atoms with Crippen molar-refractivity contribution in [1.82, 2.24) is 15.6 Å². The summed E-state index contributed by atoms with van der Waals surface area (Å²) in [5.41, 5.74) is 0.641. The number of amides is 1. The lowest BCUT2D eigenvalue weighted by Crippen LogP contribution is -2.33. The van der Waals surface area contributed by atoms with Crippen molar-refractivity contribution < 1.29 is 23.3 Å². The van der Waals surface area contributed by atoms with Gasteiger partial charge in [-0.15, -0.1) is 0 Å². The zero-order chi connectivity index (χ0) is 22.3.